The average Bonchev–Trinajstić information content (AvgIpc) is 3.43. The number of hydrogen-bond donors (Lipinski definition) is 1. The standard InChI is InChI=1S/C26H22F2N6O2/c1-33-18-10-15(21-14(24(33)35)3-2-4-19(21)36-25(27)28)22-17-9-13(5-8-34(17)32-23(18)22)16-11-31-20(12-30-16)26(29)6-7-26/h2-5,8-9,11-12,15,18,25H,6-7,10,29H2,1H3/t15-,18-/m1/s1/i1D3. The number of aromatic nitrogens is 4. The monoisotopic (exact) mass is 491 g/mol. The Morgan fingerprint density at radius 2 is 2.08 bits per heavy atom. The summed E-state index contributed by atoms with van der Waals surface area (Å²) in [4.78, 5) is 23.4. The molecular weight excluding hydrogens is 466 g/mol. The van der Waals surface area contributed by atoms with E-state index in [1.54, 1.807) is 23.1 Å². The third-order valence-corrected chi connectivity index (χ3v) is 7.46. The predicted octanol–water partition coefficient (Wildman–Crippen LogP) is 4.00. The highest BCUT2D eigenvalue weighted by molar-refractivity contribution is 5.98. The first-order valence-corrected chi connectivity index (χ1v) is 11.6. The molecule has 4 heterocycles. The van der Waals surface area contributed by atoms with Gasteiger partial charge in [0.1, 0.15) is 5.75 Å². The molecule has 2 atom stereocenters. The molecule has 7 rings (SSSR count). The molecule has 2 N–H and O–H groups in total. The number of benzene rings is 1. The van der Waals surface area contributed by atoms with Crippen LogP contribution >= 0.6 is 0 Å². The number of fused-ring (bicyclic) bond motifs is 9. The second-order valence-corrected chi connectivity index (χ2v) is 9.56. The first kappa shape index (κ1) is 18.4. The number of carbonyl (C=O) groups is 1. The van der Waals surface area contributed by atoms with Crippen molar-refractivity contribution in [2.75, 3.05) is 6.98 Å². The summed E-state index contributed by atoms with van der Waals surface area (Å²) in [6.07, 6.45) is 6.96. The van der Waals surface area contributed by atoms with E-state index in [2.05, 4.69) is 15.1 Å². The zero-order chi connectivity index (χ0) is 27.3. The largest absolute Gasteiger partial charge is 0.434 e. The average molecular weight is 492 g/mol. The van der Waals surface area contributed by atoms with Gasteiger partial charge in [-0.1, -0.05) is 6.07 Å². The van der Waals surface area contributed by atoms with E-state index in [9.17, 15) is 13.6 Å². The minimum Gasteiger partial charge on any atom is -0.434 e. The van der Waals surface area contributed by atoms with Crippen molar-refractivity contribution in [2.45, 2.75) is 43.4 Å². The fraction of sp³-hybridized carbons (Fsp3) is 0.308. The molecule has 3 aliphatic rings. The van der Waals surface area contributed by atoms with E-state index >= 15 is 0 Å². The summed E-state index contributed by atoms with van der Waals surface area (Å²) >= 11 is 0. The Morgan fingerprint density at radius 1 is 1.22 bits per heavy atom. The molecular formula is C26H22F2N6O2. The number of ether oxygens (including phenoxy) is 1. The molecule has 0 spiro atoms. The Bertz CT molecular complexity index is 1650. The van der Waals surface area contributed by atoms with E-state index in [1.165, 1.54) is 18.2 Å². The molecule has 2 aliphatic carbocycles. The van der Waals surface area contributed by atoms with Crippen LogP contribution in [0.15, 0.2) is 48.9 Å². The van der Waals surface area contributed by atoms with Crippen molar-refractivity contribution in [1.82, 2.24) is 24.5 Å². The highest BCUT2D eigenvalue weighted by atomic mass is 19.3. The van der Waals surface area contributed by atoms with E-state index < -0.39 is 37.0 Å². The first-order chi connectivity index (χ1) is 18.5. The van der Waals surface area contributed by atoms with Crippen LogP contribution in [0.1, 0.15) is 68.2 Å². The van der Waals surface area contributed by atoms with Gasteiger partial charge in [0.05, 0.1) is 46.6 Å². The Kier molecular flexibility index (Phi) is 3.72. The minimum absolute atomic E-state index is 0.0233. The van der Waals surface area contributed by atoms with Crippen LogP contribution in [-0.2, 0) is 5.54 Å². The SMILES string of the molecule is [2H]C([2H])([2H])N1C(=O)c2cccc(OC(F)F)c2[C@H]2C[C@@H]1c1nn3ccc(-c4cnc(C5(N)CC5)cn4)cc3c12. The molecule has 1 aliphatic heterocycles. The van der Waals surface area contributed by atoms with Gasteiger partial charge in [-0.3, -0.25) is 14.8 Å². The van der Waals surface area contributed by atoms with E-state index in [0.717, 1.165) is 29.0 Å². The molecule has 1 amide bonds. The van der Waals surface area contributed by atoms with Gasteiger partial charge in [-0.05, 0) is 43.5 Å². The number of nitrogens with zero attached hydrogens (tertiary/aromatic N) is 5. The molecule has 1 saturated carbocycles. The van der Waals surface area contributed by atoms with Gasteiger partial charge in [0.2, 0.25) is 0 Å². The minimum atomic E-state index is -3.12. The summed E-state index contributed by atoms with van der Waals surface area (Å²) in [6, 6.07) is 7.03. The van der Waals surface area contributed by atoms with Gasteiger partial charge in [0.25, 0.3) is 5.91 Å². The third kappa shape index (κ3) is 3.00. The van der Waals surface area contributed by atoms with Crippen molar-refractivity contribution >= 4 is 11.4 Å². The van der Waals surface area contributed by atoms with Gasteiger partial charge in [-0.2, -0.15) is 13.9 Å². The van der Waals surface area contributed by atoms with Gasteiger partial charge in [0.15, 0.2) is 0 Å². The van der Waals surface area contributed by atoms with Gasteiger partial charge in [-0.15, -0.1) is 0 Å². The lowest BCUT2D eigenvalue weighted by molar-refractivity contribution is -0.0505. The van der Waals surface area contributed by atoms with E-state index in [4.69, 9.17) is 14.6 Å². The molecule has 1 fully saturated rings. The topological polar surface area (TPSA) is 98.6 Å². The van der Waals surface area contributed by atoms with E-state index in [0.29, 0.717) is 22.5 Å². The summed E-state index contributed by atoms with van der Waals surface area (Å²) in [7, 11) is 0. The zero-order valence-corrected chi connectivity index (χ0v) is 18.9. The molecule has 1 aromatic carbocycles. The number of amides is 1. The number of nitrogens with two attached hydrogens (primary N) is 1. The number of rotatable bonds is 4. The number of alkyl halides is 2. The third-order valence-electron chi connectivity index (χ3n) is 7.46. The Hall–Kier alpha value is -3.92. The Balaban J connectivity index is 1.42. The lowest BCUT2D eigenvalue weighted by Gasteiger charge is -2.23. The summed E-state index contributed by atoms with van der Waals surface area (Å²) in [5, 5.41) is 4.66. The van der Waals surface area contributed by atoms with Crippen molar-refractivity contribution in [2.24, 2.45) is 5.73 Å². The number of carbonyl (C=O) groups excluding carboxylic acids is 1. The Labute approximate surface area is 208 Å². The second kappa shape index (κ2) is 7.30. The summed E-state index contributed by atoms with van der Waals surface area (Å²) in [6.45, 7) is -5.90. The van der Waals surface area contributed by atoms with E-state index in [1.807, 2.05) is 12.1 Å². The molecule has 2 bridgehead atoms. The van der Waals surface area contributed by atoms with Crippen molar-refractivity contribution in [3.63, 3.8) is 0 Å². The van der Waals surface area contributed by atoms with Crippen LogP contribution in [0.5, 0.6) is 5.75 Å². The Morgan fingerprint density at radius 3 is 2.81 bits per heavy atom. The lowest BCUT2D eigenvalue weighted by atomic mass is 9.88. The van der Waals surface area contributed by atoms with E-state index in [-0.39, 0.29) is 23.3 Å². The second-order valence-electron chi connectivity index (χ2n) is 9.56. The summed E-state index contributed by atoms with van der Waals surface area (Å²) in [5.74, 6) is -1.53. The molecule has 0 saturated heterocycles. The highest BCUT2D eigenvalue weighted by Crippen LogP contribution is 2.53. The molecule has 8 nitrogen and oxygen atoms in total. The van der Waals surface area contributed by atoms with Gasteiger partial charge >= 0.3 is 6.61 Å². The fourth-order valence-electron chi connectivity index (χ4n) is 5.47. The van der Waals surface area contributed by atoms with Crippen LogP contribution in [0.2, 0.25) is 0 Å². The number of hydrogen-bond acceptors (Lipinski definition) is 6. The molecule has 0 radical (unpaired) electrons. The zero-order valence-electron chi connectivity index (χ0n) is 21.9. The molecule has 182 valence electrons. The molecule has 36 heavy (non-hydrogen) atoms. The first-order valence-electron chi connectivity index (χ1n) is 13.1. The van der Waals surface area contributed by atoms with Crippen LogP contribution < -0.4 is 10.5 Å². The maximum Gasteiger partial charge on any atom is 0.387 e. The van der Waals surface area contributed by atoms with Crippen LogP contribution in [-0.4, -0.2) is 44.0 Å². The normalized spacial score (nSPS) is 23.1. The summed E-state index contributed by atoms with van der Waals surface area (Å²) in [5.41, 5.74) is 9.91. The fourth-order valence-corrected chi connectivity index (χ4v) is 5.47. The molecule has 4 aromatic rings. The van der Waals surface area contributed by atoms with Crippen LogP contribution in [0, 0.1) is 0 Å². The maximum absolute atomic E-state index is 13.5. The molecule has 0 unspecified atom stereocenters. The van der Waals surface area contributed by atoms with Crippen molar-refractivity contribution in [1.29, 1.82) is 0 Å². The van der Waals surface area contributed by atoms with Crippen molar-refractivity contribution in [3.05, 3.63) is 77.0 Å². The van der Waals surface area contributed by atoms with Crippen LogP contribution in [0.25, 0.3) is 16.8 Å². The van der Waals surface area contributed by atoms with Crippen LogP contribution in [0.4, 0.5) is 8.78 Å². The number of halogens is 2. The molecule has 3 aromatic heterocycles. The predicted molar refractivity (Wildman–Crippen MR) is 126 cm³/mol. The van der Waals surface area contributed by atoms with Gasteiger partial charge < -0.3 is 15.4 Å². The molecule has 10 heteroatoms. The highest BCUT2D eigenvalue weighted by Gasteiger charge is 2.46. The smallest absolute Gasteiger partial charge is 0.387 e. The van der Waals surface area contributed by atoms with Crippen molar-refractivity contribution < 1.29 is 22.4 Å². The quantitative estimate of drug-likeness (QED) is 0.463. The van der Waals surface area contributed by atoms with Crippen LogP contribution in [0.3, 0.4) is 0 Å². The van der Waals surface area contributed by atoms with Gasteiger partial charge in [0, 0.05) is 45.5 Å². The van der Waals surface area contributed by atoms with Gasteiger partial charge in [-0.25, -0.2) is 4.52 Å². The lowest BCUT2D eigenvalue weighted by Crippen LogP contribution is -2.30. The van der Waals surface area contributed by atoms with Crippen molar-refractivity contribution in [3.8, 4) is 17.0 Å². The maximum atomic E-state index is 13.5. The number of pyridine rings is 1. The summed E-state index contributed by atoms with van der Waals surface area (Å²) < 4.78 is 57.6.